The van der Waals surface area contributed by atoms with E-state index in [-0.39, 0.29) is 27.2 Å². The lowest BCUT2D eigenvalue weighted by Crippen LogP contribution is -2.28. The molecular weight excluding hydrogens is 452 g/mol. The number of nitrogens with one attached hydrogen (secondary N) is 1. The summed E-state index contributed by atoms with van der Waals surface area (Å²) in [5.41, 5.74) is 0.0910. The highest BCUT2D eigenvalue weighted by Gasteiger charge is 2.27. The summed E-state index contributed by atoms with van der Waals surface area (Å²) < 4.78 is 26.5. The molecule has 1 fully saturated rings. The molecule has 0 spiro atoms. The van der Waals surface area contributed by atoms with E-state index in [0.29, 0.717) is 18.1 Å². The fourth-order valence-corrected chi connectivity index (χ4v) is 5.33. The Morgan fingerprint density at radius 3 is 2.57 bits per heavy atom. The van der Waals surface area contributed by atoms with E-state index in [9.17, 15) is 23.3 Å². The Bertz CT molecular complexity index is 1060. The Hall–Kier alpha value is -2.21. The second kappa shape index (κ2) is 9.29. The molecule has 1 unspecified atom stereocenters. The number of nitro benzene ring substituents is 1. The van der Waals surface area contributed by atoms with Crippen molar-refractivity contribution in [2.24, 2.45) is 0 Å². The van der Waals surface area contributed by atoms with E-state index in [1.807, 2.05) is 0 Å². The topological polar surface area (TPSA) is 123 Å². The zero-order valence-corrected chi connectivity index (χ0v) is 18.3. The largest absolute Gasteiger partial charge is 0.324 e. The third-order valence-corrected chi connectivity index (χ3v) is 7.75. The van der Waals surface area contributed by atoms with E-state index < -0.39 is 20.2 Å². The minimum absolute atomic E-state index is 0.0596. The van der Waals surface area contributed by atoms with Crippen LogP contribution in [-0.2, 0) is 14.8 Å². The first-order valence-corrected chi connectivity index (χ1v) is 11.8. The van der Waals surface area contributed by atoms with Crippen LogP contribution in [0.1, 0.15) is 19.8 Å². The Kier molecular flexibility index (Phi) is 6.96. The first kappa shape index (κ1) is 22.5. The first-order chi connectivity index (χ1) is 14.2. The molecule has 1 aliphatic heterocycles. The second-order valence-corrected chi connectivity index (χ2v) is 10.3. The van der Waals surface area contributed by atoms with Gasteiger partial charge in [-0.2, -0.15) is 4.31 Å². The number of anilines is 1. The highest BCUT2D eigenvalue weighted by molar-refractivity contribution is 8.00. The molecule has 1 saturated heterocycles. The maximum atomic E-state index is 12.5. The van der Waals surface area contributed by atoms with E-state index in [4.69, 9.17) is 11.6 Å². The number of hydrogen-bond donors (Lipinski definition) is 1. The summed E-state index contributed by atoms with van der Waals surface area (Å²) in [7, 11) is -3.54. The normalized spacial score (nSPS) is 15.7. The average molecular weight is 471 g/mol. The summed E-state index contributed by atoms with van der Waals surface area (Å²) in [6, 6.07) is 6.83. The predicted molar refractivity (Wildman–Crippen MR) is 114 cm³/mol. The highest BCUT2D eigenvalue weighted by Crippen LogP contribution is 2.29. The molecule has 2 heterocycles. The van der Waals surface area contributed by atoms with Gasteiger partial charge in [-0.05, 0) is 38.0 Å². The molecule has 1 atom stereocenters. The van der Waals surface area contributed by atoms with Crippen LogP contribution >= 0.6 is 23.4 Å². The Labute approximate surface area is 183 Å². The standard InChI is InChI=1S/C18H19ClN4O5S2/c1-12(18(24)21-16-6-4-13(23(25)26)10-15(16)19)29-17-7-5-14(11-20-17)30(27,28)22-8-2-3-9-22/h4-7,10-12H,2-3,8-9H2,1H3,(H,21,24). The molecular formula is C18H19ClN4O5S2. The monoisotopic (exact) mass is 470 g/mol. The van der Waals surface area contributed by atoms with Crippen molar-refractivity contribution in [1.82, 2.24) is 9.29 Å². The third kappa shape index (κ3) is 5.09. The van der Waals surface area contributed by atoms with Gasteiger partial charge in [0.15, 0.2) is 0 Å². The minimum atomic E-state index is -3.54. The summed E-state index contributed by atoms with van der Waals surface area (Å²) in [4.78, 5) is 26.9. The van der Waals surface area contributed by atoms with Crippen LogP contribution in [0.5, 0.6) is 0 Å². The van der Waals surface area contributed by atoms with Gasteiger partial charge in [-0.1, -0.05) is 23.4 Å². The summed E-state index contributed by atoms with van der Waals surface area (Å²) in [5.74, 6) is -0.369. The van der Waals surface area contributed by atoms with Gasteiger partial charge in [0, 0.05) is 31.4 Å². The highest BCUT2D eigenvalue weighted by atomic mass is 35.5. The molecule has 0 radical (unpaired) electrons. The van der Waals surface area contributed by atoms with Crippen LogP contribution in [0.25, 0.3) is 0 Å². The van der Waals surface area contributed by atoms with Gasteiger partial charge < -0.3 is 5.32 Å². The van der Waals surface area contributed by atoms with Crippen LogP contribution in [0.4, 0.5) is 11.4 Å². The molecule has 1 N–H and O–H groups in total. The maximum absolute atomic E-state index is 12.5. The van der Waals surface area contributed by atoms with Crippen molar-refractivity contribution < 1.29 is 18.1 Å². The molecule has 0 bridgehead atoms. The van der Waals surface area contributed by atoms with Crippen LogP contribution in [0, 0.1) is 10.1 Å². The third-order valence-electron chi connectivity index (χ3n) is 4.50. The van der Waals surface area contributed by atoms with Crippen molar-refractivity contribution in [3.8, 4) is 0 Å². The zero-order chi connectivity index (χ0) is 21.9. The maximum Gasteiger partial charge on any atom is 0.271 e. The molecule has 160 valence electrons. The Morgan fingerprint density at radius 1 is 1.30 bits per heavy atom. The molecule has 0 aliphatic carbocycles. The summed E-state index contributed by atoms with van der Waals surface area (Å²) in [5, 5.41) is 13.4. The quantitative estimate of drug-likeness (QED) is 0.373. The van der Waals surface area contributed by atoms with Crippen molar-refractivity contribution in [2.75, 3.05) is 18.4 Å². The minimum Gasteiger partial charge on any atom is -0.324 e. The number of rotatable bonds is 7. The average Bonchev–Trinajstić information content (AvgIpc) is 3.25. The molecule has 9 nitrogen and oxygen atoms in total. The molecule has 1 amide bonds. The number of amides is 1. The van der Waals surface area contributed by atoms with Gasteiger partial charge in [-0.3, -0.25) is 14.9 Å². The second-order valence-electron chi connectivity index (χ2n) is 6.61. The van der Waals surface area contributed by atoms with Gasteiger partial charge in [-0.15, -0.1) is 0 Å². The van der Waals surface area contributed by atoms with Crippen LogP contribution in [0.2, 0.25) is 5.02 Å². The number of pyridine rings is 1. The molecule has 2 aromatic rings. The Morgan fingerprint density at radius 2 is 2.00 bits per heavy atom. The number of aromatic nitrogens is 1. The fourth-order valence-electron chi connectivity index (χ4n) is 2.85. The van der Waals surface area contributed by atoms with Crippen molar-refractivity contribution in [2.45, 2.75) is 34.9 Å². The molecule has 3 rings (SSSR count). The van der Waals surface area contributed by atoms with E-state index in [1.165, 1.54) is 28.7 Å². The number of benzene rings is 1. The fraction of sp³-hybridized carbons (Fsp3) is 0.333. The van der Waals surface area contributed by atoms with Gasteiger partial charge in [-0.25, -0.2) is 13.4 Å². The molecule has 0 saturated carbocycles. The van der Waals surface area contributed by atoms with Crippen LogP contribution in [-0.4, -0.2) is 46.9 Å². The summed E-state index contributed by atoms with van der Waals surface area (Å²) >= 11 is 7.15. The van der Waals surface area contributed by atoms with Crippen molar-refractivity contribution in [3.63, 3.8) is 0 Å². The number of carbonyl (C=O) groups is 1. The van der Waals surface area contributed by atoms with Crippen molar-refractivity contribution in [3.05, 3.63) is 51.7 Å². The number of carbonyl (C=O) groups excluding carboxylic acids is 1. The first-order valence-electron chi connectivity index (χ1n) is 9.06. The van der Waals surface area contributed by atoms with E-state index in [1.54, 1.807) is 13.0 Å². The van der Waals surface area contributed by atoms with Gasteiger partial charge in [0.2, 0.25) is 15.9 Å². The lowest BCUT2D eigenvalue weighted by Gasteiger charge is -2.16. The predicted octanol–water partition coefficient (Wildman–Crippen LogP) is 3.55. The number of non-ortho nitro benzene ring substituents is 1. The van der Waals surface area contributed by atoms with E-state index in [0.717, 1.165) is 30.7 Å². The lowest BCUT2D eigenvalue weighted by molar-refractivity contribution is -0.384. The van der Waals surface area contributed by atoms with E-state index in [2.05, 4.69) is 10.3 Å². The van der Waals surface area contributed by atoms with Gasteiger partial charge in [0.1, 0.15) is 4.90 Å². The van der Waals surface area contributed by atoms with Gasteiger partial charge in [0.25, 0.3) is 5.69 Å². The summed E-state index contributed by atoms with van der Waals surface area (Å²) in [6.07, 6.45) is 3.01. The number of thioether (sulfide) groups is 1. The Balaban J connectivity index is 1.63. The van der Waals surface area contributed by atoms with E-state index >= 15 is 0 Å². The molecule has 30 heavy (non-hydrogen) atoms. The van der Waals surface area contributed by atoms with Crippen molar-refractivity contribution >= 4 is 50.7 Å². The molecule has 1 aromatic heterocycles. The molecule has 1 aliphatic rings. The van der Waals surface area contributed by atoms with Gasteiger partial charge >= 0.3 is 0 Å². The SMILES string of the molecule is CC(Sc1ccc(S(=O)(=O)N2CCCC2)cn1)C(=O)Nc1ccc([N+](=O)[O-])cc1Cl. The van der Waals surface area contributed by atoms with Crippen molar-refractivity contribution in [1.29, 1.82) is 0 Å². The van der Waals surface area contributed by atoms with Crippen LogP contribution in [0.15, 0.2) is 46.5 Å². The molecule has 1 aromatic carbocycles. The van der Waals surface area contributed by atoms with Crippen LogP contribution < -0.4 is 5.32 Å². The van der Waals surface area contributed by atoms with Crippen LogP contribution in [0.3, 0.4) is 0 Å². The van der Waals surface area contributed by atoms with Gasteiger partial charge in [0.05, 0.1) is 25.9 Å². The number of hydrogen-bond acceptors (Lipinski definition) is 7. The number of halogens is 1. The number of nitrogens with zero attached hydrogens (tertiary/aromatic N) is 3. The summed E-state index contributed by atoms with van der Waals surface area (Å²) in [6.45, 7) is 2.69. The number of nitro groups is 1. The molecule has 12 heteroatoms. The zero-order valence-electron chi connectivity index (χ0n) is 15.9. The smallest absolute Gasteiger partial charge is 0.271 e. The lowest BCUT2D eigenvalue weighted by atomic mass is 10.2. The number of sulfonamides is 1.